The molecular weight excluding hydrogens is 308 g/mol. The maximum atomic E-state index is 10.0. The number of rotatable bonds is 1. The summed E-state index contributed by atoms with van der Waals surface area (Å²) in [5.41, 5.74) is 6.32. The average Bonchev–Trinajstić information content (AvgIpc) is 2.70. The summed E-state index contributed by atoms with van der Waals surface area (Å²) in [7, 11) is 2.00. The summed E-state index contributed by atoms with van der Waals surface area (Å²) < 4.78 is 0. The van der Waals surface area contributed by atoms with E-state index in [2.05, 4.69) is 0 Å². The van der Waals surface area contributed by atoms with Gasteiger partial charge in [0.15, 0.2) is 0 Å². The van der Waals surface area contributed by atoms with Gasteiger partial charge in [-0.1, -0.05) is 64.1 Å². The van der Waals surface area contributed by atoms with Crippen molar-refractivity contribution in [1.29, 1.82) is 0 Å². The second-order valence-electron chi connectivity index (χ2n) is 3.00. The van der Waals surface area contributed by atoms with E-state index in [1.54, 1.807) is 18.2 Å². The number of non-ortho nitro benzene ring substituents is 1. The third-order valence-electron chi connectivity index (χ3n) is 1.77. The molecular formula is C18H32N2O4. The van der Waals surface area contributed by atoms with Crippen LogP contribution in [-0.2, 0) is 0 Å². The fraction of sp³-hybridized carbons (Fsp3) is 0.333. The number of nitrogens with two attached hydrogens (primary N) is 1. The Balaban J connectivity index is -0.000000119. The quantitative estimate of drug-likeness (QED) is 0.411. The van der Waals surface area contributed by atoms with Crippen molar-refractivity contribution < 1.29 is 15.1 Å². The molecule has 0 bridgehead atoms. The number of nitrogens with zero attached hydrogens (tertiary/aromatic N) is 1. The topological polar surface area (TPSA) is 110 Å². The highest BCUT2D eigenvalue weighted by molar-refractivity contribution is 5.35. The zero-order valence-corrected chi connectivity index (χ0v) is 15.5. The van der Waals surface area contributed by atoms with Crippen molar-refractivity contribution in [3.8, 4) is 0 Å². The predicted octanol–water partition coefficient (Wildman–Crippen LogP) is 4.13. The van der Waals surface area contributed by atoms with E-state index < -0.39 is 4.92 Å². The van der Waals surface area contributed by atoms with E-state index in [4.69, 9.17) is 15.9 Å². The maximum Gasteiger partial charge on any atom is 0.269 e. The minimum absolute atomic E-state index is 0.137. The average molecular weight is 340 g/mol. The van der Waals surface area contributed by atoms with Crippen molar-refractivity contribution in [2.75, 3.05) is 20.0 Å². The van der Waals surface area contributed by atoms with Crippen molar-refractivity contribution in [3.63, 3.8) is 0 Å². The highest BCUT2D eigenvalue weighted by Gasteiger charge is 1.98. The molecule has 0 saturated heterocycles. The Labute approximate surface area is 145 Å². The Bertz CT molecular complexity index is 437. The van der Waals surface area contributed by atoms with E-state index in [0.29, 0.717) is 0 Å². The molecule has 0 spiro atoms. The van der Waals surface area contributed by atoms with Gasteiger partial charge in [-0.2, -0.15) is 0 Å². The van der Waals surface area contributed by atoms with Crippen LogP contribution in [0.1, 0.15) is 27.7 Å². The Morgan fingerprint density at radius 2 is 1.04 bits per heavy atom. The van der Waals surface area contributed by atoms with Crippen molar-refractivity contribution in [1.82, 2.24) is 0 Å². The van der Waals surface area contributed by atoms with Crippen LogP contribution in [0.5, 0.6) is 0 Å². The smallest absolute Gasteiger partial charge is 0.269 e. The molecule has 4 N–H and O–H groups in total. The number of anilines is 1. The lowest BCUT2D eigenvalue weighted by molar-refractivity contribution is -0.384. The molecule has 2 aromatic carbocycles. The van der Waals surface area contributed by atoms with Gasteiger partial charge in [0.25, 0.3) is 5.69 Å². The molecule has 0 unspecified atom stereocenters. The van der Waals surface area contributed by atoms with Gasteiger partial charge in [-0.25, -0.2) is 0 Å². The van der Waals surface area contributed by atoms with Crippen LogP contribution in [-0.4, -0.2) is 29.4 Å². The monoisotopic (exact) mass is 340 g/mol. The second kappa shape index (κ2) is 28.7. The van der Waals surface area contributed by atoms with Crippen LogP contribution in [0, 0.1) is 10.1 Å². The molecule has 0 radical (unpaired) electrons. The van der Waals surface area contributed by atoms with Gasteiger partial charge in [0.05, 0.1) is 4.92 Å². The van der Waals surface area contributed by atoms with Gasteiger partial charge < -0.3 is 15.9 Å². The first-order valence-corrected chi connectivity index (χ1v) is 7.59. The van der Waals surface area contributed by atoms with E-state index in [0.717, 1.165) is 19.9 Å². The van der Waals surface area contributed by atoms with Crippen LogP contribution in [0.4, 0.5) is 11.4 Å². The normalized spacial score (nSPS) is 6.83. The molecule has 0 aliphatic carbocycles. The molecule has 0 fully saturated rings. The predicted molar refractivity (Wildman–Crippen MR) is 103 cm³/mol. The number of aliphatic hydroxyl groups excluding tert-OH is 2. The summed E-state index contributed by atoms with van der Waals surface area (Å²) >= 11 is 0. The fourth-order valence-electron chi connectivity index (χ4n) is 1.00. The summed E-state index contributed by atoms with van der Waals surface area (Å²) in [5, 5.41) is 24.0. The molecule has 138 valence electrons. The minimum Gasteiger partial charge on any atom is -0.400 e. The summed E-state index contributed by atoms with van der Waals surface area (Å²) in [6.07, 6.45) is 0. The van der Waals surface area contributed by atoms with Gasteiger partial charge in [-0.3, -0.25) is 10.1 Å². The molecule has 0 atom stereocenters. The van der Waals surface area contributed by atoms with Crippen molar-refractivity contribution in [3.05, 3.63) is 70.8 Å². The van der Waals surface area contributed by atoms with Gasteiger partial charge in [-0.05, 0) is 12.1 Å². The number of nitrogen functional groups attached to an aromatic ring is 1. The van der Waals surface area contributed by atoms with E-state index in [1.807, 2.05) is 58.0 Å². The highest BCUT2D eigenvalue weighted by Crippen LogP contribution is 2.06. The van der Waals surface area contributed by atoms with Crippen LogP contribution in [0.25, 0.3) is 0 Å². The zero-order chi connectivity index (χ0) is 19.8. The van der Waals surface area contributed by atoms with Crippen LogP contribution < -0.4 is 5.73 Å². The second-order valence-corrected chi connectivity index (χ2v) is 3.00. The number of hydrogen-bond donors (Lipinski definition) is 3. The van der Waals surface area contributed by atoms with E-state index in [9.17, 15) is 10.1 Å². The van der Waals surface area contributed by atoms with Crippen molar-refractivity contribution >= 4 is 11.4 Å². The van der Waals surface area contributed by atoms with Gasteiger partial charge in [0.2, 0.25) is 0 Å². The first kappa shape index (κ1) is 29.6. The summed E-state index contributed by atoms with van der Waals surface area (Å²) in [6.45, 7) is 8.00. The highest BCUT2D eigenvalue weighted by atomic mass is 16.6. The van der Waals surface area contributed by atoms with E-state index >= 15 is 0 Å². The molecule has 6 nitrogen and oxygen atoms in total. The van der Waals surface area contributed by atoms with Crippen LogP contribution in [0.3, 0.4) is 0 Å². The lowest BCUT2D eigenvalue weighted by Gasteiger charge is -1.85. The summed E-state index contributed by atoms with van der Waals surface area (Å²) in [5.74, 6) is 0. The molecule has 0 aliphatic heterocycles. The van der Waals surface area contributed by atoms with Gasteiger partial charge in [-0.15, -0.1) is 0 Å². The van der Waals surface area contributed by atoms with Gasteiger partial charge in [0.1, 0.15) is 0 Å². The first-order valence-electron chi connectivity index (χ1n) is 7.59. The Morgan fingerprint density at radius 1 is 0.750 bits per heavy atom. The number of aliphatic hydroxyl groups is 2. The third-order valence-corrected chi connectivity index (χ3v) is 1.77. The number of benzene rings is 2. The third kappa shape index (κ3) is 21.9. The van der Waals surface area contributed by atoms with Crippen LogP contribution in [0.2, 0.25) is 0 Å². The molecule has 2 aromatic rings. The zero-order valence-electron chi connectivity index (χ0n) is 15.5. The van der Waals surface area contributed by atoms with Crippen molar-refractivity contribution in [2.45, 2.75) is 27.7 Å². The number of para-hydroxylation sites is 2. The van der Waals surface area contributed by atoms with Crippen molar-refractivity contribution in [2.24, 2.45) is 0 Å². The molecule has 6 heteroatoms. The summed E-state index contributed by atoms with van der Waals surface area (Å²) in [6, 6.07) is 17.4. The lowest BCUT2D eigenvalue weighted by atomic mass is 10.3. The number of nitro groups is 1. The SMILES string of the molecule is CC.CC.CO.CO.Nc1ccccc1.O=[N+]([O-])c1ccccc1. The lowest BCUT2D eigenvalue weighted by Crippen LogP contribution is -1.84. The number of hydrogen-bond acceptors (Lipinski definition) is 5. The molecule has 0 heterocycles. The Hall–Kier alpha value is -2.44. The van der Waals surface area contributed by atoms with E-state index in [1.165, 1.54) is 12.1 Å². The molecule has 0 amide bonds. The fourth-order valence-corrected chi connectivity index (χ4v) is 1.00. The maximum absolute atomic E-state index is 10.0. The molecule has 0 aromatic heterocycles. The molecule has 24 heavy (non-hydrogen) atoms. The largest absolute Gasteiger partial charge is 0.400 e. The standard InChI is InChI=1S/C6H5NO2.C6H7N.2C2H6.2CH4O/c8-7(9)6-4-2-1-3-5-6;7-6-4-2-1-3-5-6;4*1-2/h1-5H;1-5H,7H2;2*1-2H3;2*2H,1H3. The van der Waals surface area contributed by atoms with Crippen LogP contribution >= 0.6 is 0 Å². The molecule has 0 saturated carbocycles. The summed E-state index contributed by atoms with van der Waals surface area (Å²) in [4.78, 5) is 9.59. The molecule has 2 rings (SSSR count). The Morgan fingerprint density at radius 3 is 1.21 bits per heavy atom. The Kier molecular flexibility index (Phi) is 35.3. The van der Waals surface area contributed by atoms with Gasteiger partial charge in [0, 0.05) is 32.0 Å². The molecule has 0 aliphatic rings. The van der Waals surface area contributed by atoms with Crippen LogP contribution in [0.15, 0.2) is 60.7 Å². The first-order chi connectivity index (χ1) is 11.7. The van der Waals surface area contributed by atoms with E-state index in [-0.39, 0.29) is 5.69 Å². The van der Waals surface area contributed by atoms with Gasteiger partial charge >= 0.3 is 0 Å². The minimum atomic E-state index is -0.417. The number of nitro benzene ring substituents is 1.